The first-order valence-electron chi connectivity index (χ1n) is 17.2. The fourth-order valence-corrected chi connectivity index (χ4v) is 4.92. The van der Waals surface area contributed by atoms with Crippen LogP contribution in [0.5, 0.6) is 0 Å². The van der Waals surface area contributed by atoms with Crippen LogP contribution in [0.1, 0.15) is 123 Å². The number of phosphoric ester groups is 1. The molecule has 0 rings (SSSR count). The number of unbranched alkanes of at least 4 members (excludes halogenated alkanes) is 10. The van der Waals surface area contributed by atoms with Gasteiger partial charge in [-0.2, -0.15) is 0 Å². The van der Waals surface area contributed by atoms with Crippen LogP contribution in [0.15, 0.2) is 36.5 Å². The predicted molar refractivity (Wildman–Crippen MR) is 181 cm³/mol. The molecule has 0 fully saturated rings. The fraction of sp³-hybridized carbons (Fsp3) is 0.771. The van der Waals surface area contributed by atoms with Crippen molar-refractivity contribution in [3.63, 3.8) is 0 Å². The van der Waals surface area contributed by atoms with Crippen LogP contribution in [-0.4, -0.2) is 70.0 Å². The van der Waals surface area contributed by atoms with Gasteiger partial charge in [0.1, 0.15) is 19.8 Å². The van der Waals surface area contributed by atoms with Gasteiger partial charge in [-0.3, -0.25) is 14.2 Å². The molecule has 0 heterocycles. The van der Waals surface area contributed by atoms with Gasteiger partial charge in [-0.05, 0) is 44.9 Å². The molecule has 0 spiro atoms. The molecule has 0 aliphatic rings. The molecule has 0 aromatic carbocycles. The van der Waals surface area contributed by atoms with E-state index in [0.717, 1.165) is 70.6 Å². The van der Waals surface area contributed by atoms with E-state index in [2.05, 4.69) is 50.3 Å². The lowest BCUT2D eigenvalue weighted by Gasteiger charge is -2.28. The van der Waals surface area contributed by atoms with Crippen molar-refractivity contribution in [2.24, 2.45) is 0 Å². The molecule has 0 aliphatic heterocycles. The topological polar surface area (TPSA) is 111 Å². The number of hydrogen-bond acceptors (Lipinski definition) is 8. The summed E-state index contributed by atoms with van der Waals surface area (Å²) in [6.07, 6.45) is 28.0. The molecule has 9 nitrogen and oxygen atoms in total. The van der Waals surface area contributed by atoms with E-state index in [-0.39, 0.29) is 26.1 Å². The van der Waals surface area contributed by atoms with Crippen molar-refractivity contribution in [3.8, 4) is 0 Å². The first-order chi connectivity index (χ1) is 21.5. The van der Waals surface area contributed by atoms with Crippen molar-refractivity contribution in [2.75, 3.05) is 47.5 Å². The first-order valence-corrected chi connectivity index (χ1v) is 18.7. The van der Waals surface area contributed by atoms with Gasteiger partial charge < -0.3 is 27.9 Å². The Morgan fingerprint density at radius 1 is 0.711 bits per heavy atom. The van der Waals surface area contributed by atoms with E-state index in [1.165, 1.54) is 19.3 Å². The second-order valence-corrected chi connectivity index (χ2v) is 13.9. The number of carbonyl (C=O) groups excluding carboxylic acids is 2. The molecule has 0 aromatic rings. The number of phosphoric acid groups is 1. The summed E-state index contributed by atoms with van der Waals surface area (Å²) in [6, 6.07) is 0. The van der Waals surface area contributed by atoms with Crippen molar-refractivity contribution >= 4 is 19.8 Å². The van der Waals surface area contributed by atoms with Gasteiger partial charge in [-0.1, -0.05) is 102 Å². The Kier molecular flexibility index (Phi) is 27.3. The summed E-state index contributed by atoms with van der Waals surface area (Å²) >= 11 is 0. The van der Waals surface area contributed by atoms with Crippen molar-refractivity contribution < 1.29 is 42.1 Å². The van der Waals surface area contributed by atoms with Gasteiger partial charge in [-0.25, -0.2) is 0 Å². The van der Waals surface area contributed by atoms with Crippen molar-refractivity contribution in [2.45, 2.75) is 129 Å². The van der Waals surface area contributed by atoms with Crippen molar-refractivity contribution in [1.29, 1.82) is 0 Å². The highest BCUT2D eigenvalue weighted by Crippen LogP contribution is 2.38. The van der Waals surface area contributed by atoms with E-state index in [0.29, 0.717) is 17.4 Å². The van der Waals surface area contributed by atoms with E-state index in [1.54, 1.807) is 0 Å². The minimum Gasteiger partial charge on any atom is -0.756 e. The Morgan fingerprint density at radius 3 is 1.89 bits per heavy atom. The van der Waals surface area contributed by atoms with Crippen molar-refractivity contribution in [1.82, 2.24) is 0 Å². The lowest BCUT2D eigenvalue weighted by atomic mass is 10.1. The summed E-state index contributed by atoms with van der Waals surface area (Å²) in [5.41, 5.74) is 0. The molecule has 0 radical (unpaired) electrons. The number of allylic oxidation sites excluding steroid dienone is 6. The van der Waals surface area contributed by atoms with Crippen LogP contribution in [0.4, 0.5) is 0 Å². The summed E-state index contributed by atoms with van der Waals surface area (Å²) in [6.45, 7) is 3.93. The summed E-state index contributed by atoms with van der Waals surface area (Å²) in [5.74, 6) is -0.871. The number of quaternary nitrogens is 1. The molecule has 2 atom stereocenters. The maximum atomic E-state index is 12.5. The average Bonchev–Trinajstić information content (AvgIpc) is 2.97. The van der Waals surface area contributed by atoms with E-state index >= 15 is 0 Å². The Labute approximate surface area is 274 Å². The standard InChI is InChI=1S/C35H64NO8P/c1-6-8-10-12-13-14-15-16-17-18-19-20-21-22-23-24-26-28-35(38)44-33(31-41-34(37)27-25-11-9-7-2)32-43-45(39,40)42-30-29-36(3,4)5/h8,10,13-14,16-17,33H,6-7,9,11-12,15,18-32H2,1-5H3/b10-8-,14-13-,17-16-. The van der Waals surface area contributed by atoms with Gasteiger partial charge in [0.25, 0.3) is 7.82 Å². The fourth-order valence-electron chi connectivity index (χ4n) is 4.20. The Hall–Kier alpha value is -1.77. The molecule has 0 saturated heterocycles. The number of esters is 2. The lowest BCUT2D eigenvalue weighted by Crippen LogP contribution is -2.37. The highest BCUT2D eigenvalue weighted by molar-refractivity contribution is 7.45. The van der Waals surface area contributed by atoms with Crippen molar-refractivity contribution in [3.05, 3.63) is 36.5 Å². The maximum absolute atomic E-state index is 12.5. The molecule has 0 saturated carbocycles. The Morgan fingerprint density at radius 2 is 1.27 bits per heavy atom. The number of likely N-dealkylation sites (N-methyl/N-ethyl adjacent to an activating group) is 1. The zero-order valence-electron chi connectivity index (χ0n) is 29.1. The van der Waals surface area contributed by atoms with E-state index in [9.17, 15) is 19.0 Å². The lowest BCUT2D eigenvalue weighted by molar-refractivity contribution is -0.870. The normalized spacial score (nSPS) is 14.4. The third kappa shape index (κ3) is 32.0. The summed E-state index contributed by atoms with van der Waals surface area (Å²) in [4.78, 5) is 36.8. The van der Waals surface area contributed by atoms with Gasteiger partial charge in [0.15, 0.2) is 6.10 Å². The van der Waals surface area contributed by atoms with Gasteiger partial charge in [0, 0.05) is 12.8 Å². The molecule has 0 aromatic heterocycles. The monoisotopic (exact) mass is 657 g/mol. The van der Waals surface area contributed by atoms with Gasteiger partial charge in [-0.15, -0.1) is 0 Å². The molecule has 10 heteroatoms. The molecule has 0 bridgehead atoms. The second-order valence-electron chi connectivity index (χ2n) is 12.5. The summed E-state index contributed by atoms with van der Waals surface area (Å²) in [7, 11) is 1.15. The van der Waals surface area contributed by atoms with Crippen LogP contribution in [0.3, 0.4) is 0 Å². The third-order valence-electron chi connectivity index (χ3n) is 6.92. The second kappa shape index (κ2) is 28.5. The van der Waals surface area contributed by atoms with E-state index in [4.69, 9.17) is 18.5 Å². The first kappa shape index (κ1) is 43.2. The number of rotatable bonds is 30. The highest BCUT2D eigenvalue weighted by atomic mass is 31.2. The van der Waals surface area contributed by atoms with E-state index < -0.39 is 32.5 Å². The zero-order chi connectivity index (χ0) is 33.7. The van der Waals surface area contributed by atoms with Crippen LogP contribution < -0.4 is 4.89 Å². The Balaban J connectivity index is 4.33. The van der Waals surface area contributed by atoms with E-state index in [1.807, 2.05) is 21.1 Å². The largest absolute Gasteiger partial charge is 0.756 e. The van der Waals surface area contributed by atoms with Gasteiger partial charge in [0.2, 0.25) is 0 Å². The van der Waals surface area contributed by atoms with Crippen LogP contribution in [0.2, 0.25) is 0 Å². The van der Waals surface area contributed by atoms with Crippen LogP contribution in [0.25, 0.3) is 0 Å². The molecule has 2 unspecified atom stereocenters. The number of nitrogens with zero attached hydrogens (tertiary/aromatic N) is 1. The van der Waals surface area contributed by atoms with Gasteiger partial charge >= 0.3 is 11.9 Å². The van der Waals surface area contributed by atoms with Gasteiger partial charge in [0.05, 0.1) is 27.7 Å². The highest BCUT2D eigenvalue weighted by Gasteiger charge is 2.21. The molecule has 0 aliphatic carbocycles. The molecular formula is C35H64NO8P. The number of hydrogen-bond donors (Lipinski definition) is 0. The summed E-state index contributed by atoms with van der Waals surface area (Å²) in [5, 5.41) is 0. The average molecular weight is 658 g/mol. The SMILES string of the molecule is CC/C=C\C/C=C\C/C=C\CCCCCCCCCC(=O)OC(COC(=O)CCCCCC)COP(=O)([O-])OCC[N+](C)(C)C. The molecule has 0 N–H and O–H groups in total. The van der Waals surface area contributed by atoms with Crippen LogP contribution >= 0.6 is 7.82 Å². The molecule has 262 valence electrons. The number of ether oxygens (including phenoxy) is 2. The number of carbonyl (C=O) groups is 2. The molecular weight excluding hydrogens is 593 g/mol. The smallest absolute Gasteiger partial charge is 0.306 e. The molecule has 0 amide bonds. The van der Waals surface area contributed by atoms with Crippen LogP contribution in [-0.2, 0) is 32.7 Å². The minimum absolute atomic E-state index is 0.0338. The summed E-state index contributed by atoms with van der Waals surface area (Å²) < 4.78 is 33.4. The predicted octanol–water partition coefficient (Wildman–Crippen LogP) is 7.99. The quantitative estimate of drug-likeness (QED) is 0.0251. The third-order valence-corrected chi connectivity index (χ3v) is 7.89. The minimum atomic E-state index is -4.60. The molecule has 45 heavy (non-hydrogen) atoms. The maximum Gasteiger partial charge on any atom is 0.306 e. The zero-order valence-corrected chi connectivity index (χ0v) is 29.9. The Bertz CT molecular complexity index is 881. The van der Waals surface area contributed by atoms with Crippen LogP contribution in [0, 0.1) is 0 Å².